The maximum atomic E-state index is 13.7. The first-order chi connectivity index (χ1) is 17.9. The van der Waals surface area contributed by atoms with Gasteiger partial charge in [0.25, 0.3) is 5.56 Å². The minimum absolute atomic E-state index is 0.0928. The zero-order valence-corrected chi connectivity index (χ0v) is 22.1. The Morgan fingerprint density at radius 1 is 1.16 bits per heavy atom. The van der Waals surface area contributed by atoms with Crippen LogP contribution in [0, 0.1) is 13.8 Å². The summed E-state index contributed by atoms with van der Waals surface area (Å²) in [5.41, 5.74) is 10.9. The Labute approximate surface area is 219 Å². The molecular weight excluding hydrogens is 484 g/mol. The minimum Gasteiger partial charge on any atom is -0.458 e. The monoisotopic (exact) mass is 514 g/mol. The van der Waals surface area contributed by atoms with Crippen molar-refractivity contribution < 1.29 is 14.6 Å². The smallest absolute Gasteiger partial charge is 0.343 e. The molecule has 1 aromatic carbocycles. The molecule has 4 aromatic rings. The van der Waals surface area contributed by atoms with Crippen LogP contribution in [-0.4, -0.2) is 35.6 Å². The van der Waals surface area contributed by atoms with E-state index in [9.17, 15) is 14.7 Å². The molecule has 3 aromatic heterocycles. The van der Waals surface area contributed by atoms with Crippen molar-refractivity contribution in [3.8, 4) is 11.4 Å². The van der Waals surface area contributed by atoms with E-state index in [1.807, 2.05) is 33.0 Å². The highest BCUT2D eigenvalue weighted by atomic mass is 16.6. The Balaban J connectivity index is 1.60. The van der Waals surface area contributed by atoms with Gasteiger partial charge in [-0.3, -0.25) is 4.79 Å². The van der Waals surface area contributed by atoms with Gasteiger partial charge in [-0.15, -0.1) is 5.10 Å². The molecule has 3 N–H and O–H groups in total. The van der Waals surface area contributed by atoms with Crippen LogP contribution >= 0.6 is 0 Å². The molecular formula is C28H30N6O4. The lowest BCUT2D eigenvalue weighted by Crippen LogP contribution is -2.44. The van der Waals surface area contributed by atoms with Crippen molar-refractivity contribution in [3.05, 3.63) is 73.8 Å². The van der Waals surface area contributed by atoms with Gasteiger partial charge in [0.15, 0.2) is 5.60 Å². The van der Waals surface area contributed by atoms with E-state index in [1.165, 1.54) is 0 Å². The standard InChI is InChI=1S/C28H30N6O4/c1-6-28(37)20-9-22-24-18(11-34(22)25(35)19(20)13-38-26(28)36)17(10-33-12-23(31-32-33)27(4,5)29)16-7-14(2)15(3)8-21(16)30-24/h7-9,12,37H,6,10-11,13,29H2,1-5H3/t28-/m0/s1. The van der Waals surface area contributed by atoms with E-state index in [2.05, 4.69) is 23.3 Å². The number of aliphatic hydroxyl groups is 1. The van der Waals surface area contributed by atoms with Crippen molar-refractivity contribution >= 4 is 16.9 Å². The first kappa shape index (κ1) is 24.4. The van der Waals surface area contributed by atoms with E-state index < -0.39 is 17.1 Å². The molecule has 10 nitrogen and oxygen atoms in total. The molecule has 38 heavy (non-hydrogen) atoms. The maximum absolute atomic E-state index is 13.7. The first-order valence-corrected chi connectivity index (χ1v) is 12.7. The quantitative estimate of drug-likeness (QED) is 0.349. The predicted molar refractivity (Wildman–Crippen MR) is 140 cm³/mol. The third-order valence-corrected chi connectivity index (χ3v) is 7.94. The van der Waals surface area contributed by atoms with Crippen LogP contribution in [0.5, 0.6) is 0 Å². The van der Waals surface area contributed by atoms with Gasteiger partial charge < -0.3 is 20.1 Å². The molecule has 0 bridgehead atoms. The second-order valence-corrected chi connectivity index (χ2v) is 11.0. The van der Waals surface area contributed by atoms with Crippen LogP contribution in [0.25, 0.3) is 22.3 Å². The van der Waals surface area contributed by atoms with Crippen LogP contribution in [-0.2, 0) is 40.4 Å². The van der Waals surface area contributed by atoms with Crippen LogP contribution < -0.4 is 11.3 Å². The number of rotatable bonds is 4. The molecule has 6 rings (SSSR count). The van der Waals surface area contributed by atoms with Crippen molar-refractivity contribution in [1.82, 2.24) is 24.5 Å². The van der Waals surface area contributed by atoms with Gasteiger partial charge in [-0.2, -0.15) is 0 Å². The van der Waals surface area contributed by atoms with Crippen molar-refractivity contribution in [1.29, 1.82) is 0 Å². The third kappa shape index (κ3) is 3.44. The molecule has 0 saturated heterocycles. The van der Waals surface area contributed by atoms with Gasteiger partial charge in [0, 0.05) is 16.5 Å². The molecule has 196 valence electrons. The number of aryl methyl sites for hydroxylation is 2. The zero-order valence-electron chi connectivity index (χ0n) is 22.1. The van der Waals surface area contributed by atoms with E-state index in [1.54, 1.807) is 22.2 Å². The molecule has 0 amide bonds. The van der Waals surface area contributed by atoms with Crippen LogP contribution in [0.2, 0.25) is 0 Å². The zero-order chi connectivity index (χ0) is 27.1. The summed E-state index contributed by atoms with van der Waals surface area (Å²) in [5, 5.41) is 20.8. The molecule has 0 spiro atoms. The van der Waals surface area contributed by atoms with E-state index >= 15 is 0 Å². The van der Waals surface area contributed by atoms with Gasteiger partial charge in [0.2, 0.25) is 0 Å². The summed E-state index contributed by atoms with van der Waals surface area (Å²) < 4.78 is 8.62. The number of esters is 1. The number of nitrogens with two attached hydrogens (primary N) is 1. The van der Waals surface area contributed by atoms with Gasteiger partial charge in [-0.05, 0) is 69.0 Å². The predicted octanol–water partition coefficient (Wildman–Crippen LogP) is 2.53. The number of pyridine rings is 2. The van der Waals surface area contributed by atoms with Crippen LogP contribution in [0.1, 0.15) is 66.3 Å². The molecule has 0 radical (unpaired) electrons. The fourth-order valence-corrected chi connectivity index (χ4v) is 5.44. The van der Waals surface area contributed by atoms with Gasteiger partial charge in [-0.1, -0.05) is 12.1 Å². The lowest BCUT2D eigenvalue weighted by molar-refractivity contribution is -0.172. The van der Waals surface area contributed by atoms with E-state index in [4.69, 9.17) is 15.5 Å². The number of aromatic nitrogens is 5. The van der Waals surface area contributed by atoms with Gasteiger partial charge >= 0.3 is 5.97 Å². The summed E-state index contributed by atoms with van der Waals surface area (Å²) in [7, 11) is 0. The SMILES string of the molecule is CC[C@@]1(O)C(=O)OCc2c1cc1n(c2=O)Cc2c-1nc1cc(C)c(C)cc1c2Cn1cc(C(C)(C)N)nn1. The van der Waals surface area contributed by atoms with Crippen molar-refractivity contribution in [2.75, 3.05) is 0 Å². The normalized spacial score (nSPS) is 18.3. The van der Waals surface area contributed by atoms with Gasteiger partial charge in [-0.25, -0.2) is 14.5 Å². The Morgan fingerprint density at radius 2 is 1.89 bits per heavy atom. The number of nitrogens with zero attached hydrogens (tertiary/aromatic N) is 5. The summed E-state index contributed by atoms with van der Waals surface area (Å²) in [4.78, 5) is 31.2. The molecule has 0 fully saturated rings. The van der Waals surface area contributed by atoms with Crippen LogP contribution in [0.3, 0.4) is 0 Å². The van der Waals surface area contributed by atoms with E-state index in [-0.39, 0.29) is 18.6 Å². The molecule has 2 aliphatic rings. The van der Waals surface area contributed by atoms with Crippen molar-refractivity contribution in [2.45, 2.75) is 71.9 Å². The lowest BCUT2D eigenvalue weighted by atomic mass is 9.86. The summed E-state index contributed by atoms with van der Waals surface area (Å²) in [6.07, 6.45) is 1.94. The number of cyclic esters (lactones) is 1. The number of fused-ring (bicyclic) bond motifs is 5. The highest BCUT2D eigenvalue weighted by molar-refractivity contribution is 5.90. The Bertz CT molecular complexity index is 1730. The molecule has 2 aliphatic heterocycles. The lowest BCUT2D eigenvalue weighted by Gasteiger charge is -2.31. The van der Waals surface area contributed by atoms with Gasteiger partial charge in [0.1, 0.15) is 12.3 Å². The fraction of sp³-hybridized carbons (Fsp3) is 0.393. The second-order valence-electron chi connectivity index (χ2n) is 11.0. The largest absolute Gasteiger partial charge is 0.458 e. The molecule has 10 heteroatoms. The summed E-state index contributed by atoms with van der Waals surface area (Å²) >= 11 is 0. The average molecular weight is 515 g/mol. The van der Waals surface area contributed by atoms with Crippen LogP contribution in [0.15, 0.2) is 29.2 Å². The molecule has 0 saturated carbocycles. The number of benzene rings is 1. The third-order valence-electron chi connectivity index (χ3n) is 7.94. The minimum atomic E-state index is -1.87. The van der Waals surface area contributed by atoms with E-state index in [0.717, 1.165) is 33.2 Å². The summed E-state index contributed by atoms with van der Waals surface area (Å²) in [6, 6.07) is 5.90. The molecule has 0 aliphatic carbocycles. The topological polar surface area (TPSA) is 138 Å². The van der Waals surface area contributed by atoms with Crippen molar-refractivity contribution in [2.24, 2.45) is 5.73 Å². The van der Waals surface area contributed by atoms with Crippen molar-refractivity contribution in [3.63, 3.8) is 0 Å². The Hall–Kier alpha value is -3.89. The first-order valence-electron chi connectivity index (χ1n) is 12.7. The maximum Gasteiger partial charge on any atom is 0.343 e. The number of carbonyl (C=O) groups excluding carboxylic acids is 1. The number of hydrogen-bond donors (Lipinski definition) is 2. The Kier molecular flexibility index (Phi) is 5.18. The molecule has 5 heterocycles. The number of carbonyl (C=O) groups is 1. The Morgan fingerprint density at radius 3 is 2.58 bits per heavy atom. The van der Waals surface area contributed by atoms with Gasteiger partial charge in [0.05, 0.1) is 47.3 Å². The van der Waals surface area contributed by atoms with Crippen LogP contribution in [0.4, 0.5) is 0 Å². The highest BCUT2D eigenvalue weighted by Gasteiger charge is 2.45. The second kappa shape index (κ2) is 8.05. The molecule has 1 atom stereocenters. The average Bonchev–Trinajstić information content (AvgIpc) is 3.48. The fourth-order valence-electron chi connectivity index (χ4n) is 5.44. The molecule has 0 unspecified atom stereocenters. The van der Waals surface area contributed by atoms with E-state index in [0.29, 0.717) is 41.3 Å². The highest BCUT2D eigenvalue weighted by Crippen LogP contribution is 2.40. The number of hydrogen-bond acceptors (Lipinski definition) is 8. The number of ether oxygens (including phenoxy) is 1. The summed E-state index contributed by atoms with van der Waals surface area (Å²) in [5.74, 6) is -0.738. The summed E-state index contributed by atoms with van der Waals surface area (Å²) in [6.45, 7) is 10.1.